The first-order valence-corrected chi connectivity index (χ1v) is 7.93. The van der Waals surface area contributed by atoms with Crippen molar-refractivity contribution in [3.05, 3.63) is 0 Å². The molecule has 3 heteroatoms. The highest BCUT2D eigenvalue weighted by atomic mass is 16.2. The molecule has 0 aliphatic rings. The predicted molar refractivity (Wildman–Crippen MR) is 80.2 cm³/mol. The molecule has 112 valence electrons. The molecule has 0 aromatic rings. The zero-order chi connectivity index (χ0) is 14.3. The minimum absolute atomic E-state index is 0.0256. The van der Waals surface area contributed by atoms with Crippen LogP contribution in [0.4, 0.5) is 0 Å². The Morgan fingerprint density at radius 1 is 0.789 bits per heavy atom. The molecule has 0 spiro atoms. The lowest BCUT2D eigenvalue weighted by Gasteiger charge is -2.04. The summed E-state index contributed by atoms with van der Waals surface area (Å²) in [4.78, 5) is 21.9. The highest BCUT2D eigenvalue weighted by Crippen LogP contribution is 2.10. The third kappa shape index (κ3) is 15.1. The Labute approximate surface area is 118 Å². The van der Waals surface area contributed by atoms with Crippen molar-refractivity contribution in [2.75, 3.05) is 6.54 Å². The lowest BCUT2D eigenvalue weighted by molar-refractivity contribution is -0.127. The van der Waals surface area contributed by atoms with Crippen LogP contribution in [0.2, 0.25) is 0 Å². The lowest BCUT2D eigenvalue weighted by Crippen LogP contribution is -2.25. The van der Waals surface area contributed by atoms with Crippen molar-refractivity contribution in [1.82, 2.24) is 5.32 Å². The Kier molecular flexibility index (Phi) is 13.0. The second-order valence-corrected chi connectivity index (χ2v) is 5.41. The van der Waals surface area contributed by atoms with E-state index in [-0.39, 0.29) is 18.1 Å². The van der Waals surface area contributed by atoms with E-state index in [1.165, 1.54) is 64.7 Å². The molecule has 0 unspecified atom stereocenters. The van der Waals surface area contributed by atoms with Gasteiger partial charge < -0.3 is 5.32 Å². The summed E-state index contributed by atoms with van der Waals surface area (Å²) in [5.74, 6) is -0.205. The number of hydrogen-bond acceptors (Lipinski definition) is 2. The first kappa shape index (κ1) is 18.1. The molecule has 3 nitrogen and oxygen atoms in total. The third-order valence-corrected chi connectivity index (χ3v) is 3.26. The van der Waals surface area contributed by atoms with E-state index in [0.29, 0.717) is 6.54 Å². The van der Waals surface area contributed by atoms with Gasteiger partial charge in [-0.05, 0) is 13.3 Å². The summed E-state index contributed by atoms with van der Waals surface area (Å²) < 4.78 is 0. The van der Waals surface area contributed by atoms with Gasteiger partial charge in [0.2, 0.25) is 5.91 Å². The first-order valence-electron chi connectivity index (χ1n) is 7.93. The Morgan fingerprint density at radius 3 is 1.74 bits per heavy atom. The van der Waals surface area contributed by atoms with Crippen molar-refractivity contribution >= 4 is 11.7 Å². The van der Waals surface area contributed by atoms with Crippen LogP contribution in [-0.4, -0.2) is 18.2 Å². The second kappa shape index (κ2) is 13.6. The van der Waals surface area contributed by atoms with Crippen LogP contribution >= 0.6 is 0 Å². The standard InChI is InChI=1S/C16H31NO2/c1-3-4-5-6-7-8-9-10-11-12-13-17-16(19)14-15(2)18/h3-14H2,1-2H3,(H,17,19). The predicted octanol–water partition coefficient (Wildman–Crippen LogP) is 4.00. The normalized spacial score (nSPS) is 10.4. The number of carbonyl (C=O) groups is 2. The van der Waals surface area contributed by atoms with Gasteiger partial charge in [0.1, 0.15) is 5.78 Å². The van der Waals surface area contributed by atoms with Crippen molar-refractivity contribution in [2.24, 2.45) is 0 Å². The van der Waals surface area contributed by atoms with Gasteiger partial charge in [0.25, 0.3) is 0 Å². The molecular formula is C16H31NO2. The van der Waals surface area contributed by atoms with Crippen LogP contribution in [0.3, 0.4) is 0 Å². The Bertz CT molecular complexity index is 239. The summed E-state index contributed by atoms with van der Waals surface area (Å²) in [7, 11) is 0. The van der Waals surface area contributed by atoms with Crippen LogP contribution in [0.25, 0.3) is 0 Å². The fourth-order valence-corrected chi connectivity index (χ4v) is 2.13. The summed E-state index contributed by atoms with van der Waals surface area (Å²) in [5, 5.41) is 2.78. The van der Waals surface area contributed by atoms with E-state index in [1.807, 2.05) is 0 Å². The van der Waals surface area contributed by atoms with Crippen LogP contribution in [0.5, 0.6) is 0 Å². The molecule has 0 rings (SSSR count). The molecule has 0 aliphatic carbocycles. The maximum absolute atomic E-state index is 11.2. The molecule has 0 saturated heterocycles. The van der Waals surface area contributed by atoms with Crippen molar-refractivity contribution in [3.8, 4) is 0 Å². The minimum atomic E-state index is -0.136. The second-order valence-electron chi connectivity index (χ2n) is 5.41. The first-order chi connectivity index (χ1) is 9.16. The summed E-state index contributed by atoms with van der Waals surface area (Å²) in [6.45, 7) is 4.40. The van der Waals surface area contributed by atoms with Gasteiger partial charge in [-0.25, -0.2) is 0 Å². The number of nitrogens with one attached hydrogen (secondary N) is 1. The van der Waals surface area contributed by atoms with E-state index in [9.17, 15) is 9.59 Å². The van der Waals surface area contributed by atoms with Crippen LogP contribution in [-0.2, 0) is 9.59 Å². The highest BCUT2D eigenvalue weighted by Gasteiger charge is 2.03. The molecule has 0 bridgehead atoms. The zero-order valence-electron chi connectivity index (χ0n) is 12.8. The van der Waals surface area contributed by atoms with Crippen LogP contribution in [0.15, 0.2) is 0 Å². The molecular weight excluding hydrogens is 238 g/mol. The number of hydrogen-bond donors (Lipinski definition) is 1. The maximum Gasteiger partial charge on any atom is 0.227 e. The molecule has 1 amide bonds. The molecule has 0 fully saturated rings. The van der Waals surface area contributed by atoms with Gasteiger partial charge in [-0.2, -0.15) is 0 Å². The zero-order valence-corrected chi connectivity index (χ0v) is 12.8. The number of Topliss-reactive ketones (excluding diaryl/α,β-unsaturated/α-hetero) is 1. The third-order valence-electron chi connectivity index (χ3n) is 3.26. The molecule has 19 heavy (non-hydrogen) atoms. The molecule has 0 heterocycles. The number of amides is 1. The Hall–Kier alpha value is -0.860. The summed E-state index contributed by atoms with van der Waals surface area (Å²) in [5.41, 5.74) is 0. The summed E-state index contributed by atoms with van der Waals surface area (Å²) >= 11 is 0. The van der Waals surface area contributed by atoms with Crippen LogP contribution in [0.1, 0.15) is 84.5 Å². The lowest BCUT2D eigenvalue weighted by atomic mass is 10.1. The van der Waals surface area contributed by atoms with Gasteiger partial charge in [-0.15, -0.1) is 0 Å². The highest BCUT2D eigenvalue weighted by molar-refractivity contribution is 5.96. The van der Waals surface area contributed by atoms with E-state index < -0.39 is 0 Å². The van der Waals surface area contributed by atoms with Gasteiger partial charge in [-0.1, -0.05) is 64.7 Å². The average Bonchev–Trinajstić information content (AvgIpc) is 2.35. The fourth-order valence-electron chi connectivity index (χ4n) is 2.13. The van der Waals surface area contributed by atoms with E-state index in [0.717, 1.165) is 6.42 Å². The van der Waals surface area contributed by atoms with Gasteiger partial charge in [0.15, 0.2) is 0 Å². The molecule has 1 N–H and O–H groups in total. The van der Waals surface area contributed by atoms with Crippen molar-refractivity contribution in [1.29, 1.82) is 0 Å². The quantitative estimate of drug-likeness (QED) is 0.406. The van der Waals surface area contributed by atoms with E-state index in [4.69, 9.17) is 0 Å². The van der Waals surface area contributed by atoms with Crippen molar-refractivity contribution < 1.29 is 9.59 Å². The molecule has 0 aliphatic heterocycles. The topological polar surface area (TPSA) is 46.2 Å². The van der Waals surface area contributed by atoms with Gasteiger partial charge in [0.05, 0.1) is 6.42 Å². The molecule has 0 atom stereocenters. The Balaban J connectivity index is 3.10. The molecule has 0 aromatic heterocycles. The molecule has 0 saturated carbocycles. The average molecular weight is 269 g/mol. The van der Waals surface area contributed by atoms with Gasteiger partial charge >= 0.3 is 0 Å². The van der Waals surface area contributed by atoms with Crippen molar-refractivity contribution in [2.45, 2.75) is 84.5 Å². The van der Waals surface area contributed by atoms with E-state index >= 15 is 0 Å². The molecule has 0 aromatic carbocycles. The van der Waals surface area contributed by atoms with Gasteiger partial charge in [-0.3, -0.25) is 9.59 Å². The van der Waals surface area contributed by atoms with Crippen LogP contribution < -0.4 is 5.32 Å². The SMILES string of the molecule is CCCCCCCCCCCCNC(=O)CC(C)=O. The minimum Gasteiger partial charge on any atom is -0.356 e. The van der Waals surface area contributed by atoms with E-state index in [2.05, 4.69) is 12.2 Å². The largest absolute Gasteiger partial charge is 0.356 e. The smallest absolute Gasteiger partial charge is 0.227 e. The molecule has 0 radical (unpaired) electrons. The van der Waals surface area contributed by atoms with Crippen molar-refractivity contribution in [3.63, 3.8) is 0 Å². The number of ketones is 1. The van der Waals surface area contributed by atoms with Crippen LogP contribution in [0, 0.1) is 0 Å². The summed E-state index contributed by atoms with van der Waals surface area (Å²) in [6, 6.07) is 0. The number of unbranched alkanes of at least 4 members (excludes halogenated alkanes) is 9. The Morgan fingerprint density at radius 2 is 1.26 bits per heavy atom. The fraction of sp³-hybridized carbons (Fsp3) is 0.875. The maximum atomic E-state index is 11.2. The summed E-state index contributed by atoms with van der Waals surface area (Å²) in [6.07, 6.45) is 13.0. The number of rotatable bonds is 13. The van der Waals surface area contributed by atoms with Gasteiger partial charge in [0, 0.05) is 6.54 Å². The number of carbonyl (C=O) groups excluding carboxylic acids is 2. The monoisotopic (exact) mass is 269 g/mol. The van der Waals surface area contributed by atoms with E-state index in [1.54, 1.807) is 0 Å².